The maximum atomic E-state index is 0. The van der Waals surface area contributed by atoms with Crippen molar-refractivity contribution in [2.75, 3.05) is 0 Å². The van der Waals surface area contributed by atoms with Gasteiger partial charge in [-0.05, 0) is 0 Å². The third-order valence-electron chi connectivity index (χ3n) is 0. The van der Waals surface area contributed by atoms with E-state index in [0.29, 0.717) is 0 Å². The van der Waals surface area contributed by atoms with Crippen molar-refractivity contribution in [1.29, 1.82) is 0 Å². The predicted molar refractivity (Wildman–Crippen MR) is 32.8 cm³/mol. The summed E-state index contributed by atoms with van der Waals surface area (Å²) in [6.45, 7) is 0. The second-order valence-electron chi connectivity index (χ2n) is 0. The van der Waals surface area contributed by atoms with Gasteiger partial charge in [0.05, 0.1) is 8.41 Å². The summed E-state index contributed by atoms with van der Waals surface area (Å²) in [6.07, 6.45) is 0. The molecule has 0 unspecified atom stereocenters. The van der Waals surface area contributed by atoms with Gasteiger partial charge in [-0.25, -0.2) is 0 Å². The van der Waals surface area contributed by atoms with Gasteiger partial charge in [-0.3, -0.25) is 0 Å². The van der Waals surface area contributed by atoms with E-state index < -0.39 is 0 Å². The summed E-state index contributed by atoms with van der Waals surface area (Å²) >= 11 is 0. The van der Waals surface area contributed by atoms with Gasteiger partial charge in [-0.15, -0.1) is 0 Å². The first-order valence-electron chi connectivity index (χ1n) is 0. The van der Waals surface area contributed by atoms with Crippen LogP contribution in [-0.2, 0) is 0 Å². The first-order chi connectivity index (χ1) is 0. The Morgan fingerprint density at radius 1 is 1.00 bits per heavy atom. The van der Waals surface area contributed by atoms with Gasteiger partial charge in [0.1, 0.15) is 0 Å². The van der Waals surface area contributed by atoms with Crippen LogP contribution in [-0.4, -0.2) is 127 Å². The molecule has 0 fully saturated rings. The number of hydrogen-bond acceptors (Lipinski definition) is 0. The predicted octanol–water partition coefficient (Wildman–Crippen LogP) is -3.40. The minimum absolute atomic E-state index is 0. The molecule has 0 aliphatic carbocycles. The van der Waals surface area contributed by atoms with Crippen LogP contribution in [0.1, 0.15) is 0 Å². The molecular weight excluding hydrogens is 113 g/mol. The molecule has 0 radical (unpaired) electrons. The van der Waals surface area contributed by atoms with E-state index in [4.69, 9.17) is 0 Å². The summed E-state index contributed by atoms with van der Waals surface area (Å²) in [7, 11) is 0. The second-order valence-corrected chi connectivity index (χ2v) is 0. The van der Waals surface area contributed by atoms with Gasteiger partial charge in [0.25, 0.3) is 0 Å². The van der Waals surface area contributed by atoms with Crippen LogP contribution < -0.4 is 0 Å². The third kappa shape index (κ3) is 9.35. The molecule has 4 heavy (non-hydrogen) atoms. The molecule has 0 heterocycles. The standard InChI is InChI=1S/BH3.Ca.K.Na.4H/h1H3;;;;;;;. The van der Waals surface area contributed by atoms with Crippen molar-refractivity contribution >= 4 is 127 Å². The van der Waals surface area contributed by atoms with Crippen molar-refractivity contribution < 1.29 is 0 Å². The molecule has 0 nitrogen and oxygen atoms in total. The Hall–Kier alpha value is 3.96. The summed E-state index contributed by atoms with van der Waals surface area (Å²) in [6, 6.07) is 0. The molecule has 0 spiro atoms. The molecule has 0 aliphatic rings. The average molecular weight is 120 g/mol. The van der Waals surface area contributed by atoms with Crippen molar-refractivity contribution in [1.82, 2.24) is 0 Å². The Kier molecular flexibility index (Phi) is 96.9. The fraction of sp³-hybridized carbons (Fsp3) is 0. The van der Waals surface area contributed by atoms with E-state index in [1.807, 2.05) is 0 Å². The maximum absolute atomic E-state index is 0. The molecule has 0 aromatic heterocycles. The molecule has 0 aromatic carbocycles. The van der Waals surface area contributed by atoms with Crippen molar-refractivity contribution in [3.8, 4) is 0 Å². The topological polar surface area (TPSA) is 0 Å². The second kappa shape index (κ2) is 15.8. The zero-order chi connectivity index (χ0) is 0. The van der Waals surface area contributed by atoms with Crippen LogP contribution in [0.15, 0.2) is 0 Å². The van der Waals surface area contributed by atoms with Gasteiger partial charge in [0.15, 0.2) is 0 Å². The number of rotatable bonds is 0. The molecule has 0 aromatic rings. The van der Waals surface area contributed by atoms with E-state index in [1.165, 1.54) is 0 Å². The Labute approximate surface area is 123 Å². The minimum atomic E-state index is 0. The first-order valence-corrected chi connectivity index (χ1v) is 0. The summed E-state index contributed by atoms with van der Waals surface area (Å²) in [5, 5.41) is 0. The van der Waals surface area contributed by atoms with Crippen LogP contribution in [0, 0.1) is 0 Å². The molecule has 0 rings (SSSR count). The molecule has 0 N–H and O–H groups in total. The summed E-state index contributed by atoms with van der Waals surface area (Å²) in [5.74, 6) is 0. The van der Waals surface area contributed by atoms with Crippen molar-refractivity contribution in [3.63, 3.8) is 0 Å². The van der Waals surface area contributed by atoms with Crippen molar-refractivity contribution in [2.45, 2.75) is 0 Å². The molecule has 0 saturated carbocycles. The zero-order valence-corrected chi connectivity index (χ0v) is 0. The van der Waals surface area contributed by atoms with Crippen LogP contribution in [0.5, 0.6) is 0 Å². The van der Waals surface area contributed by atoms with Crippen LogP contribution in [0.3, 0.4) is 0 Å². The fourth-order valence-electron chi connectivity index (χ4n) is 0. The van der Waals surface area contributed by atoms with Gasteiger partial charge in [-0.2, -0.15) is 0 Å². The Bertz CT molecular complexity index is 8.00. The molecule has 4 heteroatoms. The molecule has 0 bridgehead atoms. The van der Waals surface area contributed by atoms with E-state index in [1.54, 1.807) is 0 Å². The van der Waals surface area contributed by atoms with Gasteiger partial charge in [0.2, 0.25) is 0 Å². The summed E-state index contributed by atoms with van der Waals surface area (Å²) in [5.41, 5.74) is 0. The summed E-state index contributed by atoms with van der Waals surface area (Å²) < 4.78 is 0. The normalized spacial score (nSPS) is 0. The Morgan fingerprint density at radius 2 is 1.00 bits per heavy atom. The monoisotopic (exact) mass is 120 g/mol. The van der Waals surface area contributed by atoms with Crippen LogP contribution in [0.25, 0.3) is 0 Å². The molecule has 14 valence electrons. The van der Waals surface area contributed by atoms with E-state index in [-0.39, 0.29) is 127 Å². The molecular formula is H7BCaKNa. The molecule has 0 atom stereocenters. The molecule has 0 amide bonds. The Balaban J connectivity index is 0. The average Bonchev–Trinajstić information content (AvgIpc) is 0. The number of hydrogen-bond donors (Lipinski definition) is 0. The van der Waals surface area contributed by atoms with Gasteiger partial charge in [0, 0.05) is 0 Å². The van der Waals surface area contributed by atoms with Crippen LogP contribution in [0.2, 0.25) is 0 Å². The third-order valence-corrected chi connectivity index (χ3v) is 0. The van der Waals surface area contributed by atoms with Gasteiger partial charge < -0.3 is 0 Å². The van der Waals surface area contributed by atoms with E-state index in [9.17, 15) is 0 Å². The van der Waals surface area contributed by atoms with Crippen molar-refractivity contribution in [3.05, 3.63) is 0 Å². The van der Waals surface area contributed by atoms with Crippen molar-refractivity contribution in [2.24, 2.45) is 0 Å². The van der Waals surface area contributed by atoms with Gasteiger partial charge >= 0.3 is 119 Å². The quantitative estimate of drug-likeness (QED) is 0.292. The summed E-state index contributed by atoms with van der Waals surface area (Å²) in [4.78, 5) is 0. The SMILES string of the molecule is B.[CaH2].[KH].[NaH]. The van der Waals surface area contributed by atoms with E-state index in [0.717, 1.165) is 0 Å². The Morgan fingerprint density at radius 3 is 1.00 bits per heavy atom. The van der Waals surface area contributed by atoms with Gasteiger partial charge in [-0.1, -0.05) is 0 Å². The molecule has 0 saturated heterocycles. The van der Waals surface area contributed by atoms with E-state index in [2.05, 4.69) is 0 Å². The first kappa shape index (κ1) is 24.6. The zero-order valence-electron chi connectivity index (χ0n) is 0. The fourth-order valence-corrected chi connectivity index (χ4v) is 0. The van der Waals surface area contributed by atoms with Crippen LogP contribution in [0.4, 0.5) is 0 Å². The van der Waals surface area contributed by atoms with E-state index >= 15 is 0 Å². The molecule has 0 aliphatic heterocycles. The van der Waals surface area contributed by atoms with Crippen LogP contribution >= 0.6 is 0 Å².